The van der Waals surface area contributed by atoms with Gasteiger partial charge in [-0.05, 0) is 0 Å². The summed E-state index contributed by atoms with van der Waals surface area (Å²) in [6.07, 6.45) is -4.81. The van der Waals surface area contributed by atoms with Crippen LogP contribution in [0.25, 0.3) is 0 Å². The summed E-state index contributed by atoms with van der Waals surface area (Å²) in [5, 5.41) is 8.56. The van der Waals surface area contributed by atoms with E-state index in [1.807, 2.05) is 0 Å². The Labute approximate surface area is 87.3 Å². The third-order valence-electron chi connectivity index (χ3n) is 1.50. The number of halogens is 3. The van der Waals surface area contributed by atoms with Crippen LogP contribution < -0.4 is 10.5 Å². The monoisotopic (exact) mass is 231 g/mol. The molecule has 84 valence electrons. The van der Waals surface area contributed by atoms with Gasteiger partial charge in [0.25, 0.3) is 0 Å². The summed E-state index contributed by atoms with van der Waals surface area (Å²) in [4.78, 5) is 13.6. The molecular formula is C8H4F3N3O2. The number of rotatable bonds is 2. The van der Waals surface area contributed by atoms with E-state index in [-0.39, 0.29) is 17.5 Å². The molecule has 1 aromatic rings. The fourth-order valence-electron chi connectivity index (χ4n) is 0.938. The number of ether oxygens (including phenoxy) is 1. The minimum atomic E-state index is -4.94. The number of pyridine rings is 1. The lowest BCUT2D eigenvalue weighted by molar-refractivity contribution is -0.276. The highest BCUT2D eigenvalue weighted by atomic mass is 19.4. The summed E-state index contributed by atoms with van der Waals surface area (Å²) >= 11 is 0. The summed E-state index contributed by atoms with van der Waals surface area (Å²) in [6, 6.07) is 2.27. The molecule has 0 bridgehead atoms. The first kappa shape index (κ1) is 11.8. The molecule has 0 radical (unpaired) electrons. The average Bonchev–Trinajstić information content (AvgIpc) is 2.14. The van der Waals surface area contributed by atoms with Gasteiger partial charge in [-0.2, -0.15) is 5.26 Å². The van der Waals surface area contributed by atoms with Gasteiger partial charge in [0.1, 0.15) is 17.3 Å². The van der Waals surface area contributed by atoms with Crippen LogP contribution >= 0.6 is 0 Å². The number of alkyl halides is 3. The van der Waals surface area contributed by atoms with E-state index < -0.39 is 17.9 Å². The molecule has 0 unspecified atom stereocenters. The maximum atomic E-state index is 11.8. The van der Waals surface area contributed by atoms with Crippen molar-refractivity contribution in [3.05, 3.63) is 17.3 Å². The van der Waals surface area contributed by atoms with Crippen molar-refractivity contribution in [2.45, 2.75) is 6.36 Å². The van der Waals surface area contributed by atoms with E-state index in [9.17, 15) is 18.0 Å². The molecule has 0 saturated carbocycles. The summed E-state index contributed by atoms with van der Waals surface area (Å²) in [7, 11) is 0. The van der Waals surface area contributed by atoms with E-state index in [1.54, 1.807) is 6.07 Å². The lowest BCUT2D eigenvalue weighted by Crippen LogP contribution is -2.18. The van der Waals surface area contributed by atoms with Gasteiger partial charge in [0, 0.05) is 6.07 Å². The Hall–Kier alpha value is -2.30. The first-order valence-corrected chi connectivity index (χ1v) is 3.79. The molecule has 0 fully saturated rings. The molecule has 0 saturated heterocycles. The molecule has 0 aliphatic carbocycles. The molecule has 0 aliphatic heterocycles. The third-order valence-corrected chi connectivity index (χ3v) is 1.50. The van der Waals surface area contributed by atoms with Crippen LogP contribution in [0.15, 0.2) is 6.07 Å². The topological polar surface area (TPSA) is 89.0 Å². The number of aromatic nitrogens is 1. The van der Waals surface area contributed by atoms with E-state index in [2.05, 4.69) is 9.72 Å². The Balaban J connectivity index is 3.22. The van der Waals surface area contributed by atoms with Gasteiger partial charge in [-0.3, -0.25) is 4.79 Å². The summed E-state index contributed by atoms with van der Waals surface area (Å²) < 4.78 is 39.0. The summed E-state index contributed by atoms with van der Waals surface area (Å²) in [6.45, 7) is 0. The number of nitrogens with two attached hydrogens (primary N) is 1. The Morgan fingerprint density at radius 3 is 2.62 bits per heavy atom. The molecule has 16 heavy (non-hydrogen) atoms. The molecule has 0 amide bonds. The quantitative estimate of drug-likeness (QED) is 0.773. The summed E-state index contributed by atoms with van der Waals surface area (Å²) in [5.74, 6) is -0.883. The number of carbonyl (C=O) groups excluding carboxylic acids is 1. The second kappa shape index (κ2) is 4.06. The fourth-order valence-corrected chi connectivity index (χ4v) is 0.938. The van der Waals surface area contributed by atoms with Crippen LogP contribution in [0, 0.1) is 11.3 Å². The highest BCUT2D eigenvalue weighted by Gasteiger charge is 2.32. The van der Waals surface area contributed by atoms with Crippen LogP contribution in [0.5, 0.6) is 5.88 Å². The van der Waals surface area contributed by atoms with Crippen LogP contribution in [-0.2, 0) is 0 Å². The van der Waals surface area contributed by atoms with E-state index in [4.69, 9.17) is 11.0 Å². The Kier molecular flexibility index (Phi) is 2.99. The van der Waals surface area contributed by atoms with Crippen molar-refractivity contribution in [2.24, 2.45) is 0 Å². The molecule has 1 heterocycles. The molecule has 0 spiro atoms. The van der Waals surface area contributed by atoms with Crippen LogP contribution in [0.4, 0.5) is 18.9 Å². The van der Waals surface area contributed by atoms with Crippen LogP contribution in [0.2, 0.25) is 0 Å². The highest BCUT2D eigenvalue weighted by molar-refractivity contribution is 5.80. The van der Waals surface area contributed by atoms with Crippen molar-refractivity contribution in [3.63, 3.8) is 0 Å². The number of anilines is 1. The minimum Gasteiger partial charge on any atom is -0.397 e. The number of carbonyl (C=O) groups is 1. The molecular weight excluding hydrogens is 227 g/mol. The molecule has 5 nitrogen and oxygen atoms in total. The number of hydrogen-bond donors (Lipinski definition) is 1. The van der Waals surface area contributed by atoms with E-state index >= 15 is 0 Å². The zero-order valence-corrected chi connectivity index (χ0v) is 7.58. The standard InChI is InChI=1S/C8H4F3N3O2/c9-8(10,11)16-7-1-5(13)4(2-12)6(3-15)14-7/h1,3H,(H2,13,14). The Morgan fingerprint density at radius 2 is 2.19 bits per heavy atom. The van der Waals surface area contributed by atoms with Crippen LogP contribution in [0.3, 0.4) is 0 Å². The van der Waals surface area contributed by atoms with E-state index in [0.29, 0.717) is 0 Å². The van der Waals surface area contributed by atoms with Gasteiger partial charge >= 0.3 is 6.36 Å². The van der Waals surface area contributed by atoms with Gasteiger partial charge in [-0.1, -0.05) is 0 Å². The highest BCUT2D eigenvalue weighted by Crippen LogP contribution is 2.25. The van der Waals surface area contributed by atoms with Crippen LogP contribution in [0.1, 0.15) is 16.1 Å². The zero-order valence-electron chi connectivity index (χ0n) is 7.58. The second-order valence-corrected chi connectivity index (χ2v) is 2.59. The SMILES string of the molecule is N#Cc1c(N)cc(OC(F)(F)F)nc1C=O. The van der Waals surface area contributed by atoms with E-state index in [1.165, 1.54) is 0 Å². The van der Waals surface area contributed by atoms with Gasteiger partial charge in [-0.15, -0.1) is 13.2 Å². The zero-order chi connectivity index (χ0) is 12.3. The first-order valence-electron chi connectivity index (χ1n) is 3.79. The lowest BCUT2D eigenvalue weighted by Gasteiger charge is -2.09. The van der Waals surface area contributed by atoms with E-state index in [0.717, 1.165) is 6.07 Å². The maximum absolute atomic E-state index is 11.8. The lowest BCUT2D eigenvalue weighted by atomic mass is 10.2. The Morgan fingerprint density at radius 1 is 1.56 bits per heavy atom. The predicted molar refractivity (Wildman–Crippen MR) is 45.4 cm³/mol. The van der Waals surface area contributed by atoms with Gasteiger partial charge < -0.3 is 10.5 Å². The molecule has 0 aliphatic rings. The smallest absolute Gasteiger partial charge is 0.397 e. The fraction of sp³-hybridized carbons (Fsp3) is 0.125. The summed E-state index contributed by atoms with van der Waals surface area (Å²) in [5.41, 5.74) is 4.17. The van der Waals surface area contributed by atoms with Gasteiger partial charge in [0.05, 0.1) is 5.69 Å². The maximum Gasteiger partial charge on any atom is 0.574 e. The molecule has 8 heteroatoms. The van der Waals surface area contributed by atoms with Crippen molar-refractivity contribution in [1.82, 2.24) is 4.98 Å². The van der Waals surface area contributed by atoms with Gasteiger partial charge in [-0.25, -0.2) is 4.98 Å². The number of hydrogen-bond acceptors (Lipinski definition) is 5. The molecule has 0 atom stereocenters. The second-order valence-electron chi connectivity index (χ2n) is 2.59. The largest absolute Gasteiger partial charge is 0.574 e. The van der Waals surface area contributed by atoms with Crippen LogP contribution in [-0.4, -0.2) is 17.6 Å². The predicted octanol–water partition coefficient (Wildman–Crippen LogP) is 1.25. The van der Waals surface area contributed by atoms with Crippen molar-refractivity contribution in [2.75, 3.05) is 5.73 Å². The molecule has 1 rings (SSSR count). The molecule has 1 aromatic heterocycles. The van der Waals surface area contributed by atoms with Crippen molar-refractivity contribution in [1.29, 1.82) is 5.26 Å². The molecule has 0 aromatic carbocycles. The number of nitrogen functional groups attached to an aromatic ring is 1. The minimum absolute atomic E-state index is 0.123. The average molecular weight is 231 g/mol. The van der Waals surface area contributed by atoms with Crippen molar-refractivity contribution < 1.29 is 22.7 Å². The first-order chi connectivity index (χ1) is 7.37. The molecule has 2 N–H and O–H groups in total. The number of nitrogens with zero attached hydrogens (tertiary/aromatic N) is 2. The van der Waals surface area contributed by atoms with Gasteiger partial charge in [0.15, 0.2) is 6.29 Å². The number of nitriles is 1. The number of aldehydes is 1. The third kappa shape index (κ3) is 2.60. The normalized spacial score (nSPS) is 10.6. The van der Waals surface area contributed by atoms with Crippen molar-refractivity contribution in [3.8, 4) is 11.9 Å². The van der Waals surface area contributed by atoms with Crippen molar-refractivity contribution >= 4 is 12.0 Å². The van der Waals surface area contributed by atoms with Gasteiger partial charge in [0.2, 0.25) is 5.88 Å². The Bertz CT molecular complexity index is 465.